The van der Waals surface area contributed by atoms with Crippen LogP contribution < -0.4 is 11.2 Å². The van der Waals surface area contributed by atoms with Gasteiger partial charge in [0.25, 0.3) is 0 Å². The molecule has 1 aromatic carbocycles. The quantitative estimate of drug-likeness (QED) is 0.576. The number of para-hydroxylation sites is 1. The van der Waals surface area contributed by atoms with Gasteiger partial charge in [-0.1, -0.05) is 18.2 Å². The topological polar surface area (TPSA) is 76.2 Å². The number of fused-ring (bicyclic) bond motifs is 1. The van der Waals surface area contributed by atoms with E-state index in [1.165, 1.54) is 12.3 Å². The summed E-state index contributed by atoms with van der Waals surface area (Å²) in [7, 11) is 0. The zero-order valence-corrected chi connectivity index (χ0v) is 11.9. The normalized spacial score (nSPS) is 11.0. The number of pyridine rings is 1. The molecule has 112 valence electrons. The van der Waals surface area contributed by atoms with Crippen molar-refractivity contribution < 1.29 is 8.83 Å². The molecule has 0 bridgehead atoms. The average molecular weight is 305 g/mol. The molecule has 5 heteroatoms. The maximum Gasteiger partial charge on any atom is 0.345 e. The van der Waals surface area contributed by atoms with Gasteiger partial charge >= 0.3 is 5.63 Å². The Bertz CT molecular complexity index is 1100. The number of rotatable bonds is 2. The van der Waals surface area contributed by atoms with Crippen LogP contribution in [0.1, 0.15) is 0 Å². The molecule has 0 aliphatic heterocycles. The summed E-state index contributed by atoms with van der Waals surface area (Å²) in [6.07, 6.45) is 1.53. The Kier molecular flexibility index (Phi) is 2.98. The lowest BCUT2D eigenvalue weighted by Gasteiger charge is -2.04. The van der Waals surface area contributed by atoms with Gasteiger partial charge < -0.3 is 13.8 Å². The largest absolute Gasteiger partial charge is 0.464 e. The molecule has 3 heterocycles. The Labute approximate surface area is 129 Å². The molecule has 0 aliphatic rings. The molecule has 0 saturated heterocycles. The monoisotopic (exact) mass is 305 g/mol. The second-order valence-corrected chi connectivity index (χ2v) is 5.11. The molecule has 0 unspecified atom stereocenters. The third-order valence-electron chi connectivity index (χ3n) is 3.58. The number of aromatic amines is 1. The van der Waals surface area contributed by atoms with E-state index in [4.69, 9.17) is 8.83 Å². The van der Waals surface area contributed by atoms with E-state index >= 15 is 0 Å². The summed E-state index contributed by atoms with van der Waals surface area (Å²) in [4.78, 5) is 26.8. The highest BCUT2D eigenvalue weighted by molar-refractivity contribution is 5.81. The van der Waals surface area contributed by atoms with Gasteiger partial charge in [-0.15, -0.1) is 0 Å². The molecule has 4 aromatic rings. The smallest absolute Gasteiger partial charge is 0.345 e. The van der Waals surface area contributed by atoms with Gasteiger partial charge in [-0.25, -0.2) is 4.79 Å². The summed E-state index contributed by atoms with van der Waals surface area (Å²) in [5.74, 6) is 0.558. The average Bonchev–Trinajstić information content (AvgIpc) is 3.08. The third-order valence-corrected chi connectivity index (χ3v) is 3.58. The van der Waals surface area contributed by atoms with Crippen molar-refractivity contribution >= 4 is 11.0 Å². The number of benzene rings is 1. The fourth-order valence-electron chi connectivity index (χ4n) is 2.52. The number of H-pyrrole nitrogens is 1. The fraction of sp³-hybridized carbons (Fsp3) is 0. The first-order valence-corrected chi connectivity index (χ1v) is 7.02. The number of furan rings is 1. The lowest BCUT2D eigenvalue weighted by Crippen LogP contribution is -2.10. The van der Waals surface area contributed by atoms with E-state index in [0.717, 1.165) is 5.39 Å². The van der Waals surface area contributed by atoms with Crippen molar-refractivity contribution in [2.75, 3.05) is 0 Å². The van der Waals surface area contributed by atoms with Gasteiger partial charge in [-0.2, -0.15) is 0 Å². The Morgan fingerprint density at radius 3 is 2.61 bits per heavy atom. The van der Waals surface area contributed by atoms with Gasteiger partial charge in [0, 0.05) is 17.0 Å². The molecule has 0 radical (unpaired) electrons. The molecule has 0 spiro atoms. The summed E-state index contributed by atoms with van der Waals surface area (Å²) in [5, 5.41) is 0.784. The molecule has 1 N–H and O–H groups in total. The first-order chi connectivity index (χ1) is 11.2. The van der Waals surface area contributed by atoms with Crippen LogP contribution in [0.15, 0.2) is 79.3 Å². The number of hydrogen-bond acceptors (Lipinski definition) is 4. The van der Waals surface area contributed by atoms with Crippen molar-refractivity contribution in [3.8, 4) is 22.6 Å². The SMILES string of the molecule is O=c1cc(-c2ccco2)cc(-c2cc3ccccc3oc2=O)[nH]1. The molecule has 0 fully saturated rings. The summed E-state index contributed by atoms with van der Waals surface area (Å²) in [6, 6.07) is 15.5. The first kappa shape index (κ1) is 13.3. The highest BCUT2D eigenvalue weighted by atomic mass is 16.4. The summed E-state index contributed by atoms with van der Waals surface area (Å²) in [6.45, 7) is 0. The van der Waals surface area contributed by atoms with Gasteiger partial charge in [-0.05, 0) is 30.3 Å². The van der Waals surface area contributed by atoms with Crippen LogP contribution in [0.5, 0.6) is 0 Å². The summed E-state index contributed by atoms with van der Waals surface area (Å²) in [5.41, 5.74) is 0.974. The van der Waals surface area contributed by atoms with Crippen LogP contribution >= 0.6 is 0 Å². The summed E-state index contributed by atoms with van der Waals surface area (Å²) >= 11 is 0. The van der Waals surface area contributed by atoms with Gasteiger partial charge in [-0.3, -0.25) is 4.79 Å². The maximum absolute atomic E-state index is 12.2. The molecule has 23 heavy (non-hydrogen) atoms. The molecular weight excluding hydrogens is 294 g/mol. The Balaban J connectivity index is 1.96. The maximum atomic E-state index is 12.2. The van der Waals surface area contributed by atoms with Crippen LogP contribution in [0.3, 0.4) is 0 Å². The van der Waals surface area contributed by atoms with Gasteiger partial charge in [0.1, 0.15) is 11.3 Å². The molecule has 5 nitrogen and oxygen atoms in total. The minimum Gasteiger partial charge on any atom is -0.464 e. The lowest BCUT2D eigenvalue weighted by molar-refractivity contribution is 0.563. The second-order valence-electron chi connectivity index (χ2n) is 5.11. The molecule has 3 aromatic heterocycles. The van der Waals surface area contributed by atoms with E-state index in [0.29, 0.717) is 28.2 Å². The Hall–Kier alpha value is -3.34. The standard InChI is InChI=1S/C18H11NO4/c20-17-10-12(15-6-3-7-22-15)9-14(19-17)13-8-11-4-1-2-5-16(11)23-18(13)21/h1-10H,(H,19,20). The van der Waals surface area contributed by atoms with Crippen molar-refractivity contribution in [2.45, 2.75) is 0 Å². The van der Waals surface area contributed by atoms with Gasteiger partial charge in [0.2, 0.25) is 5.56 Å². The molecular formula is C18H11NO4. The Morgan fingerprint density at radius 1 is 0.913 bits per heavy atom. The molecule has 0 aliphatic carbocycles. The molecule has 0 saturated carbocycles. The van der Waals surface area contributed by atoms with E-state index in [2.05, 4.69) is 4.98 Å². The fourth-order valence-corrected chi connectivity index (χ4v) is 2.52. The zero-order valence-electron chi connectivity index (χ0n) is 11.9. The molecule has 4 rings (SSSR count). The van der Waals surface area contributed by atoms with Crippen LogP contribution in [0, 0.1) is 0 Å². The van der Waals surface area contributed by atoms with Crippen LogP contribution in [0.2, 0.25) is 0 Å². The van der Waals surface area contributed by atoms with Crippen molar-refractivity contribution in [1.29, 1.82) is 0 Å². The number of hydrogen-bond donors (Lipinski definition) is 1. The highest BCUT2D eigenvalue weighted by Gasteiger charge is 2.11. The van der Waals surface area contributed by atoms with Crippen LogP contribution in [0.25, 0.3) is 33.6 Å². The predicted molar refractivity (Wildman–Crippen MR) is 86.2 cm³/mol. The van der Waals surface area contributed by atoms with Crippen molar-refractivity contribution in [2.24, 2.45) is 0 Å². The van der Waals surface area contributed by atoms with Gasteiger partial charge in [0.15, 0.2) is 0 Å². The lowest BCUT2D eigenvalue weighted by atomic mass is 10.1. The van der Waals surface area contributed by atoms with E-state index in [-0.39, 0.29) is 5.56 Å². The minimum atomic E-state index is -0.504. The first-order valence-electron chi connectivity index (χ1n) is 7.02. The predicted octanol–water partition coefficient (Wildman–Crippen LogP) is 3.41. The highest BCUT2D eigenvalue weighted by Crippen LogP contribution is 2.24. The molecule has 0 atom stereocenters. The second kappa shape index (κ2) is 5.14. The molecule has 0 amide bonds. The number of aromatic nitrogens is 1. The van der Waals surface area contributed by atoms with E-state index < -0.39 is 5.63 Å². The Morgan fingerprint density at radius 2 is 1.78 bits per heavy atom. The van der Waals surface area contributed by atoms with Gasteiger partial charge in [0.05, 0.1) is 17.5 Å². The minimum absolute atomic E-state index is 0.300. The zero-order chi connectivity index (χ0) is 15.8. The van der Waals surface area contributed by atoms with E-state index in [1.54, 1.807) is 36.4 Å². The van der Waals surface area contributed by atoms with Crippen molar-refractivity contribution in [3.63, 3.8) is 0 Å². The van der Waals surface area contributed by atoms with E-state index in [1.807, 2.05) is 12.1 Å². The van der Waals surface area contributed by atoms with Crippen LogP contribution in [-0.2, 0) is 0 Å². The van der Waals surface area contributed by atoms with E-state index in [9.17, 15) is 9.59 Å². The van der Waals surface area contributed by atoms with Crippen molar-refractivity contribution in [1.82, 2.24) is 4.98 Å². The van der Waals surface area contributed by atoms with Crippen LogP contribution in [-0.4, -0.2) is 4.98 Å². The van der Waals surface area contributed by atoms with Crippen molar-refractivity contribution in [3.05, 3.63) is 81.6 Å². The third kappa shape index (κ3) is 2.38. The number of nitrogens with one attached hydrogen (secondary N) is 1. The van der Waals surface area contributed by atoms with Crippen LogP contribution in [0.4, 0.5) is 0 Å². The summed E-state index contributed by atoms with van der Waals surface area (Å²) < 4.78 is 10.6.